The second kappa shape index (κ2) is 6.74. The fourth-order valence-electron chi connectivity index (χ4n) is 2.47. The van der Waals surface area contributed by atoms with Crippen molar-refractivity contribution in [1.29, 1.82) is 0 Å². The molecule has 0 saturated heterocycles. The van der Waals surface area contributed by atoms with Crippen LogP contribution in [0.25, 0.3) is 22.3 Å². The van der Waals surface area contributed by atoms with E-state index in [1.807, 2.05) is 0 Å². The molecule has 3 heterocycles. The molecule has 1 aromatic carbocycles. The molecule has 3 N–H and O–H groups in total. The third kappa shape index (κ3) is 3.22. The largest absolute Gasteiger partial charge is 0.457 e. The molecule has 0 fully saturated rings. The molecule has 126 valence electrons. The molecule has 4 aromatic rings. The molecule has 8 heteroatoms. The number of nitrogens with zero attached hydrogens (tertiary/aromatic N) is 3. The molecular weight excluding hydrogens is 345 g/mol. The topological polar surface area (TPSA) is 89.7 Å². The average Bonchev–Trinajstić information content (AvgIpc) is 3.02. The van der Waals surface area contributed by atoms with Crippen molar-refractivity contribution >= 4 is 29.4 Å². The number of fused-ring (bicyclic) bond motifs is 1. The fraction of sp³-hybridized carbons (Fsp3) is 0. The lowest BCUT2D eigenvalue weighted by molar-refractivity contribution is 0.486. The van der Waals surface area contributed by atoms with Crippen molar-refractivity contribution in [1.82, 2.24) is 19.9 Å². The van der Waals surface area contributed by atoms with Crippen molar-refractivity contribution in [2.24, 2.45) is 0 Å². The molecule has 0 atom stereocenters. The minimum absolute atomic E-state index is 0. The highest BCUT2D eigenvalue weighted by atomic mass is 35.5. The first-order valence-electron chi connectivity index (χ1n) is 7.19. The van der Waals surface area contributed by atoms with Crippen LogP contribution in [0, 0.1) is 5.82 Å². The van der Waals surface area contributed by atoms with Gasteiger partial charge in [0, 0.05) is 24.2 Å². The normalized spacial score (nSPS) is 10.4. The second-order valence-electron chi connectivity index (χ2n) is 5.09. The smallest absolute Gasteiger partial charge is 0.220 e. The number of aromatic nitrogens is 4. The van der Waals surface area contributed by atoms with Crippen LogP contribution < -0.4 is 10.5 Å². The molecule has 4 rings (SSSR count). The van der Waals surface area contributed by atoms with Gasteiger partial charge in [-0.15, -0.1) is 12.4 Å². The molecule has 0 bridgehead atoms. The molecule has 0 saturated carbocycles. The molecule has 0 aliphatic carbocycles. The first-order chi connectivity index (χ1) is 11.7. The minimum Gasteiger partial charge on any atom is -0.457 e. The first-order valence-corrected chi connectivity index (χ1v) is 7.19. The number of benzene rings is 1. The fourth-order valence-corrected chi connectivity index (χ4v) is 2.47. The van der Waals surface area contributed by atoms with Gasteiger partial charge in [-0.1, -0.05) is 0 Å². The number of nitrogen functional groups attached to an aromatic ring is 1. The number of halogens is 2. The van der Waals surface area contributed by atoms with Gasteiger partial charge in [0.15, 0.2) is 0 Å². The Bertz CT molecular complexity index is 1020. The molecule has 0 spiro atoms. The Labute approximate surface area is 148 Å². The van der Waals surface area contributed by atoms with Crippen LogP contribution in [0.5, 0.6) is 11.5 Å². The molecule has 0 unspecified atom stereocenters. The minimum atomic E-state index is -0.319. The molecular formula is C17H13ClFN5O. The Balaban J connectivity index is 0.00000182. The summed E-state index contributed by atoms with van der Waals surface area (Å²) in [4.78, 5) is 15.5. The van der Waals surface area contributed by atoms with E-state index in [0.29, 0.717) is 22.8 Å². The zero-order valence-corrected chi connectivity index (χ0v) is 13.6. The summed E-state index contributed by atoms with van der Waals surface area (Å²) in [5, 5.41) is 0.764. The maximum Gasteiger partial charge on any atom is 0.220 e. The third-order valence-corrected chi connectivity index (χ3v) is 3.53. The van der Waals surface area contributed by atoms with Gasteiger partial charge in [0.1, 0.15) is 23.0 Å². The standard InChI is InChI=1S/C17H12FN5O.ClH/c18-10-1-3-11(4-2-10)24-14-6-8-20-16-15(14)12(9-22-16)13-5-7-21-17(19)23-13;/h1-9H,(H,20,22)(H2,19,21,23);1H. The lowest BCUT2D eigenvalue weighted by Crippen LogP contribution is -1.95. The number of anilines is 1. The Morgan fingerprint density at radius 2 is 1.76 bits per heavy atom. The van der Waals surface area contributed by atoms with Gasteiger partial charge >= 0.3 is 0 Å². The predicted molar refractivity (Wildman–Crippen MR) is 95.3 cm³/mol. The van der Waals surface area contributed by atoms with Gasteiger partial charge in [-0.05, 0) is 36.4 Å². The van der Waals surface area contributed by atoms with Crippen molar-refractivity contribution in [3.8, 4) is 22.8 Å². The number of pyridine rings is 1. The Kier molecular flexibility index (Phi) is 4.49. The number of H-pyrrole nitrogens is 1. The van der Waals surface area contributed by atoms with Crippen LogP contribution in [0.3, 0.4) is 0 Å². The van der Waals surface area contributed by atoms with Crippen LogP contribution in [-0.2, 0) is 0 Å². The molecule has 6 nitrogen and oxygen atoms in total. The number of aromatic amines is 1. The third-order valence-electron chi connectivity index (χ3n) is 3.53. The number of nitrogens with two attached hydrogens (primary N) is 1. The van der Waals surface area contributed by atoms with Crippen LogP contribution in [0.15, 0.2) is 55.0 Å². The van der Waals surface area contributed by atoms with Crippen molar-refractivity contribution in [3.63, 3.8) is 0 Å². The summed E-state index contributed by atoms with van der Waals surface area (Å²) in [5.41, 5.74) is 7.78. The van der Waals surface area contributed by atoms with E-state index in [9.17, 15) is 4.39 Å². The highest BCUT2D eigenvalue weighted by molar-refractivity contribution is 5.97. The van der Waals surface area contributed by atoms with E-state index in [2.05, 4.69) is 19.9 Å². The Morgan fingerprint density at radius 3 is 2.52 bits per heavy atom. The van der Waals surface area contributed by atoms with Gasteiger partial charge in [-0.3, -0.25) is 0 Å². The lowest BCUT2D eigenvalue weighted by Gasteiger charge is -2.08. The van der Waals surface area contributed by atoms with Crippen LogP contribution in [0.2, 0.25) is 0 Å². The zero-order valence-electron chi connectivity index (χ0n) is 12.8. The Morgan fingerprint density at radius 1 is 1.00 bits per heavy atom. The highest BCUT2D eigenvalue weighted by Gasteiger charge is 2.14. The average molecular weight is 358 g/mol. The van der Waals surface area contributed by atoms with Crippen LogP contribution in [0.1, 0.15) is 0 Å². The summed E-state index contributed by atoms with van der Waals surface area (Å²) >= 11 is 0. The monoisotopic (exact) mass is 357 g/mol. The van der Waals surface area contributed by atoms with E-state index in [0.717, 1.165) is 10.9 Å². The van der Waals surface area contributed by atoms with Crippen LogP contribution >= 0.6 is 12.4 Å². The van der Waals surface area contributed by atoms with E-state index in [4.69, 9.17) is 10.5 Å². The van der Waals surface area contributed by atoms with Crippen molar-refractivity contribution < 1.29 is 9.13 Å². The summed E-state index contributed by atoms with van der Waals surface area (Å²) in [6.45, 7) is 0. The summed E-state index contributed by atoms with van der Waals surface area (Å²) in [6, 6.07) is 9.32. The lowest BCUT2D eigenvalue weighted by atomic mass is 10.1. The molecule has 0 amide bonds. The SMILES string of the molecule is Cl.Nc1nccc(-c2c[nH]c3nccc(Oc4ccc(F)cc4)c23)n1. The predicted octanol–water partition coefficient (Wildman–Crippen LogP) is 3.96. The van der Waals surface area contributed by atoms with Gasteiger partial charge < -0.3 is 15.5 Å². The maximum absolute atomic E-state index is 13.1. The van der Waals surface area contributed by atoms with Gasteiger partial charge in [0.25, 0.3) is 0 Å². The van der Waals surface area contributed by atoms with E-state index < -0.39 is 0 Å². The molecule has 3 aromatic heterocycles. The quantitative estimate of drug-likeness (QED) is 0.579. The summed E-state index contributed by atoms with van der Waals surface area (Å²) < 4.78 is 19.0. The van der Waals surface area contributed by atoms with Crippen LogP contribution in [-0.4, -0.2) is 19.9 Å². The number of hydrogen-bond acceptors (Lipinski definition) is 5. The van der Waals surface area contributed by atoms with Crippen LogP contribution in [0.4, 0.5) is 10.3 Å². The number of hydrogen-bond donors (Lipinski definition) is 2. The van der Waals surface area contributed by atoms with Gasteiger partial charge in [-0.25, -0.2) is 19.3 Å². The molecule has 0 radical (unpaired) electrons. The van der Waals surface area contributed by atoms with E-state index in [1.54, 1.807) is 42.9 Å². The number of nitrogens with one attached hydrogen (secondary N) is 1. The van der Waals surface area contributed by atoms with E-state index in [1.165, 1.54) is 12.1 Å². The van der Waals surface area contributed by atoms with E-state index >= 15 is 0 Å². The number of ether oxygens (including phenoxy) is 1. The van der Waals surface area contributed by atoms with Gasteiger partial charge in [0.2, 0.25) is 5.95 Å². The van der Waals surface area contributed by atoms with Crippen molar-refractivity contribution in [3.05, 3.63) is 60.8 Å². The molecule has 0 aliphatic rings. The molecule has 0 aliphatic heterocycles. The first kappa shape index (κ1) is 16.7. The Hall–Kier alpha value is -3.19. The summed E-state index contributed by atoms with van der Waals surface area (Å²) in [7, 11) is 0. The van der Waals surface area contributed by atoms with E-state index in [-0.39, 0.29) is 24.2 Å². The van der Waals surface area contributed by atoms with Gasteiger partial charge in [-0.2, -0.15) is 0 Å². The number of rotatable bonds is 3. The summed E-state index contributed by atoms with van der Waals surface area (Å²) in [5.74, 6) is 0.978. The second-order valence-corrected chi connectivity index (χ2v) is 5.09. The van der Waals surface area contributed by atoms with Gasteiger partial charge in [0.05, 0.1) is 11.1 Å². The van der Waals surface area contributed by atoms with Crippen molar-refractivity contribution in [2.75, 3.05) is 5.73 Å². The molecule has 25 heavy (non-hydrogen) atoms. The highest BCUT2D eigenvalue weighted by Crippen LogP contribution is 2.35. The zero-order chi connectivity index (χ0) is 16.5. The maximum atomic E-state index is 13.1. The van der Waals surface area contributed by atoms with Crippen molar-refractivity contribution in [2.45, 2.75) is 0 Å². The summed E-state index contributed by atoms with van der Waals surface area (Å²) in [6.07, 6.45) is 5.01.